The molecule has 0 spiro atoms. The van der Waals surface area contributed by atoms with Crippen molar-refractivity contribution in [3.05, 3.63) is 90.0 Å². The first-order valence-corrected chi connectivity index (χ1v) is 9.47. The number of hydrogen-bond acceptors (Lipinski definition) is 3. The second-order valence-electron chi connectivity index (χ2n) is 7.03. The molecule has 1 fully saturated rings. The van der Waals surface area contributed by atoms with E-state index < -0.39 is 6.04 Å². The summed E-state index contributed by atoms with van der Waals surface area (Å²) in [6, 6.07) is 23.5. The minimum atomic E-state index is -0.745. The molecule has 5 nitrogen and oxygen atoms in total. The number of rotatable bonds is 4. The zero-order valence-corrected chi connectivity index (χ0v) is 16.4. The number of para-hydroxylation sites is 1. The Balaban J connectivity index is 1.79. The van der Waals surface area contributed by atoms with Crippen LogP contribution in [0.4, 0.5) is 11.4 Å². The highest BCUT2D eigenvalue weighted by molar-refractivity contribution is 6.14. The van der Waals surface area contributed by atoms with Crippen LogP contribution in [0.15, 0.2) is 78.9 Å². The molecule has 0 unspecified atom stereocenters. The van der Waals surface area contributed by atoms with Gasteiger partial charge in [-0.3, -0.25) is 14.5 Å². The van der Waals surface area contributed by atoms with Crippen molar-refractivity contribution in [2.75, 3.05) is 23.5 Å². The Morgan fingerprint density at radius 1 is 0.828 bits per heavy atom. The summed E-state index contributed by atoms with van der Waals surface area (Å²) in [4.78, 5) is 30.0. The standard InChI is InChI=1S/C24H22N2O3/c1-17-8-12-19(13-9-17)25-16-22(27)26(20-6-4-3-5-7-20)23(24(25)28)18-10-14-21(29-2)15-11-18/h3-15,23H,16H2,1-2H3/t23-/m1/s1. The second-order valence-corrected chi connectivity index (χ2v) is 7.03. The van der Waals surface area contributed by atoms with E-state index in [1.54, 1.807) is 29.0 Å². The minimum absolute atomic E-state index is 0.00342. The van der Waals surface area contributed by atoms with E-state index >= 15 is 0 Å². The summed E-state index contributed by atoms with van der Waals surface area (Å²) >= 11 is 0. The van der Waals surface area contributed by atoms with Gasteiger partial charge in [0.15, 0.2) is 0 Å². The van der Waals surface area contributed by atoms with Gasteiger partial charge in [-0.25, -0.2) is 0 Å². The molecule has 4 rings (SSSR count). The Kier molecular flexibility index (Phi) is 5.04. The van der Waals surface area contributed by atoms with Gasteiger partial charge in [-0.1, -0.05) is 48.0 Å². The van der Waals surface area contributed by atoms with E-state index in [-0.39, 0.29) is 18.4 Å². The summed E-state index contributed by atoms with van der Waals surface area (Å²) in [5.41, 5.74) is 3.27. The topological polar surface area (TPSA) is 49.9 Å². The van der Waals surface area contributed by atoms with Crippen molar-refractivity contribution >= 4 is 23.2 Å². The molecular weight excluding hydrogens is 364 g/mol. The molecule has 1 atom stereocenters. The van der Waals surface area contributed by atoms with Crippen LogP contribution < -0.4 is 14.5 Å². The van der Waals surface area contributed by atoms with Gasteiger partial charge in [-0.2, -0.15) is 0 Å². The second kappa shape index (κ2) is 7.80. The number of methoxy groups -OCH3 is 1. The average molecular weight is 386 g/mol. The molecule has 0 aromatic heterocycles. The van der Waals surface area contributed by atoms with Gasteiger partial charge >= 0.3 is 0 Å². The Morgan fingerprint density at radius 2 is 1.48 bits per heavy atom. The summed E-state index contributed by atoms with van der Waals surface area (Å²) in [5.74, 6) is 0.435. The molecule has 2 amide bonds. The van der Waals surface area contributed by atoms with Crippen LogP contribution in [0.1, 0.15) is 17.2 Å². The van der Waals surface area contributed by atoms with Crippen molar-refractivity contribution in [1.29, 1.82) is 0 Å². The molecule has 3 aromatic carbocycles. The molecule has 0 bridgehead atoms. The lowest BCUT2D eigenvalue weighted by molar-refractivity contribution is -0.128. The first kappa shape index (κ1) is 18.7. The van der Waals surface area contributed by atoms with Crippen molar-refractivity contribution in [3.8, 4) is 5.75 Å². The maximum Gasteiger partial charge on any atom is 0.255 e. The molecular formula is C24H22N2O3. The highest BCUT2D eigenvalue weighted by Crippen LogP contribution is 2.35. The number of nitrogens with zero attached hydrogens (tertiary/aromatic N) is 2. The number of benzene rings is 3. The Labute approximate surface area is 170 Å². The van der Waals surface area contributed by atoms with E-state index in [0.29, 0.717) is 11.4 Å². The smallest absolute Gasteiger partial charge is 0.255 e. The summed E-state index contributed by atoms with van der Waals surface area (Å²) < 4.78 is 5.24. The quantitative estimate of drug-likeness (QED) is 0.678. The SMILES string of the molecule is COc1ccc([C@@H]2C(=O)N(c3ccc(C)cc3)CC(=O)N2c2ccccc2)cc1. The summed E-state index contributed by atoms with van der Waals surface area (Å²) in [6.07, 6.45) is 0. The highest BCUT2D eigenvalue weighted by atomic mass is 16.5. The number of aryl methyl sites for hydroxylation is 1. The number of ether oxygens (including phenoxy) is 1. The first-order valence-electron chi connectivity index (χ1n) is 9.47. The third-order valence-corrected chi connectivity index (χ3v) is 5.13. The fraction of sp³-hybridized carbons (Fsp3) is 0.167. The van der Waals surface area contributed by atoms with Crippen molar-refractivity contribution in [1.82, 2.24) is 0 Å². The lowest BCUT2D eigenvalue weighted by Gasteiger charge is -2.40. The van der Waals surface area contributed by atoms with E-state index in [1.165, 1.54) is 0 Å². The third kappa shape index (κ3) is 3.59. The van der Waals surface area contributed by atoms with Gasteiger partial charge in [0.25, 0.3) is 5.91 Å². The van der Waals surface area contributed by atoms with E-state index in [9.17, 15) is 9.59 Å². The zero-order valence-electron chi connectivity index (χ0n) is 16.4. The third-order valence-electron chi connectivity index (χ3n) is 5.13. The highest BCUT2D eigenvalue weighted by Gasteiger charge is 2.41. The molecule has 3 aromatic rings. The molecule has 1 saturated heterocycles. The number of carbonyl (C=O) groups is 2. The van der Waals surface area contributed by atoms with Gasteiger partial charge in [0.1, 0.15) is 18.3 Å². The molecule has 0 N–H and O–H groups in total. The largest absolute Gasteiger partial charge is 0.497 e. The maximum absolute atomic E-state index is 13.6. The Hall–Kier alpha value is -3.60. The molecule has 146 valence electrons. The van der Waals surface area contributed by atoms with Crippen molar-refractivity contribution in [3.63, 3.8) is 0 Å². The van der Waals surface area contributed by atoms with Gasteiger partial charge in [-0.15, -0.1) is 0 Å². The monoisotopic (exact) mass is 386 g/mol. The molecule has 0 saturated carbocycles. The molecule has 1 heterocycles. The number of hydrogen-bond donors (Lipinski definition) is 0. The molecule has 29 heavy (non-hydrogen) atoms. The molecule has 0 aliphatic carbocycles. The van der Waals surface area contributed by atoms with Gasteiger partial charge in [0.2, 0.25) is 5.91 Å². The van der Waals surface area contributed by atoms with Crippen LogP contribution in [0, 0.1) is 6.92 Å². The lowest BCUT2D eigenvalue weighted by Crippen LogP contribution is -2.56. The van der Waals surface area contributed by atoms with Crippen LogP contribution in [0.3, 0.4) is 0 Å². The average Bonchev–Trinajstić information content (AvgIpc) is 2.76. The van der Waals surface area contributed by atoms with Crippen molar-refractivity contribution < 1.29 is 14.3 Å². The van der Waals surface area contributed by atoms with Crippen molar-refractivity contribution in [2.45, 2.75) is 13.0 Å². The summed E-state index contributed by atoms with van der Waals surface area (Å²) in [6.45, 7) is 1.99. The lowest BCUT2D eigenvalue weighted by atomic mass is 9.99. The van der Waals surface area contributed by atoms with E-state index in [1.807, 2.05) is 73.7 Å². The maximum atomic E-state index is 13.6. The van der Waals surface area contributed by atoms with Gasteiger partial charge in [-0.05, 0) is 48.9 Å². The number of carbonyl (C=O) groups excluding carboxylic acids is 2. The predicted molar refractivity (Wildman–Crippen MR) is 113 cm³/mol. The van der Waals surface area contributed by atoms with Crippen LogP contribution in [-0.4, -0.2) is 25.5 Å². The number of piperazine rings is 1. The zero-order chi connectivity index (χ0) is 20.4. The fourth-order valence-electron chi connectivity index (χ4n) is 3.59. The van der Waals surface area contributed by atoms with E-state index in [4.69, 9.17) is 4.74 Å². The first-order chi connectivity index (χ1) is 14.1. The molecule has 1 aliphatic heterocycles. The van der Waals surface area contributed by atoms with E-state index in [2.05, 4.69) is 0 Å². The molecule has 0 radical (unpaired) electrons. The van der Waals surface area contributed by atoms with Crippen molar-refractivity contribution in [2.24, 2.45) is 0 Å². The Bertz CT molecular complexity index is 1010. The number of anilines is 2. The van der Waals surface area contributed by atoms with E-state index in [0.717, 1.165) is 16.8 Å². The summed E-state index contributed by atoms with van der Waals surface area (Å²) in [7, 11) is 1.60. The van der Waals surface area contributed by atoms with Gasteiger partial charge in [0.05, 0.1) is 7.11 Å². The van der Waals surface area contributed by atoms with Crippen LogP contribution in [-0.2, 0) is 9.59 Å². The van der Waals surface area contributed by atoms with Crippen LogP contribution in [0.2, 0.25) is 0 Å². The minimum Gasteiger partial charge on any atom is -0.497 e. The Morgan fingerprint density at radius 3 is 2.10 bits per heavy atom. The normalized spacial score (nSPS) is 16.8. The number of amides is 2. The summed E-state index contributed by atoms with van der Waals surface area (Å²) in [5, 5.41) is 0. The fourth-order valence-corrected chi connectivity index (χ4v) is 3.59. The van der Waals surface area contributed by atoms with Gasteiger partial charge in [0, 0.05) is 11.4 Å². The van der Waals surface area contributed by atoms with Crippen LogP contribution in [0.25, 0.3) is 0 Å². The predicted octanol–water partition coefficient (Wildman–Crippen LogP) is 4.12. The molecule has 5 heteroatoms. The van der Waals surface area contributed by atoms with Crippen LogP contribution in [0.5, 0.6) is 5.75 Å². The molecule has 1 aliphatic rings. The van der Waals surface area contributed by atoms with Gasteiger partial charge < -0.3 is 9.64 Å². The van der Waals surface area contributed by atoms with Crippen LogP contribution >= 0.6 is 0 Å².